The fourth-order valence-electron chi connectivity index (χ4n) is 1.65. The Hall–Kier alpha value is -2.34. The van der Waals surface area contributed by atoms with Crippen LogP contribution >= 0.6 is 15.9 Å². The molecule has 0 fully saturated rings. The highest BCUT2D eigenvalue weighted by Crippen LogP contribution is 2.15. The van der Waals surface area contributed by atoms with E-state index >= 15 is 0 Å². The molecular formula is C16H14BrNO4. The number of rotatable bonds is 5. The quantitative estimate of drug-likeness (QED) is 0.651. The van der Waals surface area contributed by atoms with Crippen LogP contribution < -0.4 is 5.32 Å². The zero-order valence-corrected chi connectivity index (χ0v) is 13.4. The summed E-state index contributed by atoms with van der Waals surface area (Å²) in [5, 5.41) is 2.68. The molecule has 114 valence electrons. The molecule has 22 heavy (non-hydrogen) atoms. The predicted molar refractivity (Wildman–Crippen MR) is 86.2 cm³/mol. The number of nitrogens with one attached hydrogen (secondary N) is 1. The standard InChI is InChI=1S/C16H14BrNO4/c1-11-4-2-3-5-13(11)18-15(19)10-21-16(20)9-7-12-6-8-14(17)22-12/h2-9H,10H2,1H3,(H,18,19). The lowest BCUT2D eigenvalue weighted by atomic mass is 10.2. The number of hydrogen-bond donors (Lipinski definition) is 1. The second-order valence-corrected chi connectivity index (χ2v) is 5.23. The maximum Gasteiger partial charge on any atom is 0.331 e. The van der Waals surface area contributed by atoms with Crippen LogP contribution in [0.5, 0.6) is 0 Å². The van der Waals surface area contributed by atoms with Gasteiger partial charge in [0.25, 0.3) is 5.91 Å². The SMILES string of the molecule is Cc1ccccc1NC(=O)COC(=O)C=Cc1ccc(Br)o1. The molecule has 1 aromatic carbocycles. The van der Waals surface area contributed by atoms with Gasteiger partial charge < -0.3 is 14.5 Å². The molecule has 1 heterocycles. The average Bonchev–Trinajstić information content (AvgIpc) is 2.91. The Morgan fingerprint density at radius 1 is 1.27 bits per heavy atom. The summed E-state index contributed by atoms with van der Waals surface area (Å²) in [6.45, 7) is 1.53. The number of furan rings is 1. The first-order valence-corrected chi connectivity index (χ1v) is 7.29. The van der Waals surface area contributed by atoms with E-state index in [-0.39, 0.29) is 6.61 Å². The summed E-state index contributed by atoms with van der Waals surface area (Å²) in [5.41, 5.74) is 1.63. The van der Waals surface area contributed by atoms with E-state index in [9.17, 15) is 9.59 Å². The van der Waals surface area contributed by atoms with Crippen molar-refractivity contribution in [2.45, 2.75) is 6.92 Å². The van der Waals surface area contributed by atoms with E-state index in [2.05, 4.69) is 21.2 Å². The molecule has 0 saturated heterocycles. The number of amides is 1. The third kappa shape index (κ3) is 4.89. The van der Waals surface area contributed by atoms with Crippen molar-refractivity contribution >= 4 is 39.6 Å². The molecule has 1 aromatic heterocycles. The van der Waals surface area contributed by atoms with Crippen molar-refractivity contribution in [3.8, 4) is 0 Å². The molecular weight excluding hydrogens is 350 g/mol. The van der Waals surface area contributed by atoms with Gasteiger partial charge in [0, 0.05) is 11.8 Å². The Bertz CT molecular complexity index is 706. The zero-order chi connectivity index (χ0) is 15.9. The Kier molecular flexibility index (Phi) is 5.55. The van der Waals surface area contributed by atoms with E-state index in [4.69, 9.17) is 9.15 Å². The summed E-state index contributed by atoms with van der Waals surface area (Å²) in [5.74, 6) is -0.502. The van der Waals surface area contributed by atoms with E-state index < -0.39 is 11.9 Å². The molecule has 1 N–H and O–H groups in total. The minimum absolute atomic E-state index is 0.348. The number of hydrogen-bond acceptors (Lipinski definition) is 4. The lowest BCUT2D eigenvalue weighted by molar-refractivity contribution is -0.142. The summed E-state index contributed by atoms with van der Waals surface area (Å²) >= 11 is 3.16. The van der Waals surface area contributed by atoms with Gasteiger partial charge in [-0.1, -0.05) is 18.2 Å². The highest BCUT2D eigenvalue weighted by molar-refractivity contribution is 9.10. The number of aryl methyl sites for hydroxylation is 1. The second kappa shape index (κ2) is 7.61. The maximum atomic E-state index is 11.7. The number of esters is 1. The van der Waals surface area contributed by atoms with Gasteiger partial charge in [-0.3, -0.25) is 4.79 Å². The van der Waals surface area contributed by atoms with Gasteiger partial charge in [-0.15, -0.1) is 0 Å². The van der Waals surface area contributed by atoms with Crippen LogP contribution in [0, 0.1) is 6.92 Å². The molecule has 1 amide bonds. The van der Waals surface area contributed by atoms with Gasteiger partial charge in [0.1, 0.15) is 5.76 Å². The van der Waals surface area contributed by atoms with Crippen LogP contribution in [0.3, 0.4) is 0 Å². The molecule has 0 aliphatic heterocycles. The Labute approximate surface area is 136 Å². The molecule has 0 atom stereocenters. The molecule has 2 aromatic rings. The van der Waals surface area contributed by atoms with E-state index in [1.54, 1.807) is 18.2 Å². The van der Waals surface area contributed by atoms with Gasteiger partial charge in [-0.25, -0.2) is 4.79 Å². The summed E-state index contributed by atoms with van der Waals surface area (Å²) in [4.78, 5) is 23.2. The zero-order valence-electron chi connectivity index (χ0n) is 11.8. The van der Waals surface area contributed by atoms with E-state index in [0.717, 1.165) is 5.56 Å². The molecule has 0 unspecified atom stereocenters. The van der Waals surface area contributed by atoms with Gasteiger partial charge in [-0.2, -0.15) is 0 Å². The van der Waals surface area contributed by atoms with Crippen molar-refractivity contribution < 1.29 is 18.7 Å². The topological polar surface area (TPSA) is 68.5 Å². The lowest BCUT2D eigenvalue weighted by Gasteiger charge is -2.07. The maximum absolute atomic E-state index is 11.7. The first-order chi connectivity index (χ1) is 10.5. The van der Waals surface area contributed by atoms with Crippen molar-refractivity contribution in [1.82, 2.24) is 0 Å². The van der Waals surface area contributed by atoms with Crippen LogP contribution in [-0.4, -0.2) is 18.5 Å². The normalized spacial score (nSPS) is 10.6. The van der Waals surface area contributed by atoms with Crippen molar-refractivity contribution in [2.75, 3.05) is 11.9 Å². The summed E-state index contributed by atoms with van der Waals surface area (Å²) in [6.07, 6.45) is 2.67. The van der Waals surface area contributed by atoms with Gasteiger partial charge in [0.15, 0.2) is 11.3 Å². The third-order valence-electron chi connectivity index (χ3n) is 2.74. The Balaban J connectivity index is 1.80. The van der Waals surface area contributed by atoms with Crippen LogP contribution in [0.1, 0.15) is 11.3 Å². The number of carbonyl (C=O) groups excluding carboxylic acids is 2. The number of benzene rings is 1. The van der Waals surface area contributed by atoms with Crippen LogP contribution in [-0.2, 0) is 14.3 Å². The summed E-state index contributed by atoms with van der Waals surface area (Å²) in [6, 6.07) is 10.8. The largest absolute Gasteiger partial charge is 0.452 e. The van der Waals surface area contributed by atoms with Crippen molar-refractivity contribution in [1.29, 1.82) is 0 Å². The molecule has 0 radical (unpaired) electrons. The van der Waals surface area contributed by atoms with Gasteiger partial charge >= 0.3 is 5.97 Å². The fraction of sp³-hybridized carbons (Fsp3) is 0.125. The fourth-order valence-corrected chi connectivity index (χ4v) is 1.97. The summed E-state index contributed by atoms with van der Waals surface area (Å²) < 4.78 is 10.6. The number of anilines is 1. The monoisotopic (exact) mass is 363 g/mol. The van der Waals surface area contributed by atoms with E-state index in [1.165, 1.54) is 12.2 Å². The molecule has 0 saturated carbocycles. The van der Waals surface area contributed by atoms with E-state index in [0.29, 0.717) is 16.1 Å². The molecule has 0 bridgehead atoms. The summed E-state index contributed by atoms with van der Waals surface area (Å²) in [7, 11) is 0. The highest BCUT2D eigenvalue weighted by Gasteiger charge is 2.07. The molecule has 2 rings (SSSR count). The van der Waals surface area contributed by atoms with Crippen molar-refractivity contribution in [2.24, 2.45) is 0 Å². The Morgan fingerprint density at radius 3 is 2.73 bits per heavy atom. The van der Waals surface area contributed by atoms with Crippen LogP contribution in [0.25, 0.3) is 6.08 Å². The first-order valence-electron chi connectivity index (χ1n) is 6.50. The average molecular weight is 364 g/mol. The van der Waals surface area contributed by atoms with Crippen molar-refractivity contribution in [3.63, 3.8) is 0 Å². The molecule has 5 nitrogen and oxygen atoms in total. The van der Waals surface area contributed by atoms with Crippen LogP contribution in [0.15, 0.2) is 51.6 Å². The number of ether oxygens (including phenoxy) is 1. The minimum Gasteiger partial charge on any atom is -0.452 e. The number of halogens is 1. The first kappa shape index (κ1) is 16.0. The van der Waals surface area contributed by atoms with Gasteiger partial charge in [0.05, 0.1) is 0 Å². The van der Waals surface area contributed by atoms with Gasteiger partial charge in [-0.05, 0) is 52.7 Å². The van der Waals surface area contributed by atoms with E-state index in [1.807, 2.05) is 25.1 Å². The predicted octanol–water partition coefficient (Wildman–Crippen LogP) is 3.55. The highest BCUT2D eigenvalue weighted by atomic mass is 79.9. The number of carbonyl (C=O) groups is 2. The smallest absolute Gasteiger partial charge is 0.331 e. The van der Waals surface area contributed by atoms with Crippen molar-refractivity contribution in [3.05, 3.63) is 58.5 Å². The molecule has 0 aliphatic rings. The Morgan fingerprint density at radius 2 is 2.05 bits per heavy atom. The second-order valence-electron chi connectivity index (χ2n) is 4.45. The lowest BCUT2D eigenvalue weighted by Crippen LogP contribution is -2.20. The number of para-hydroxylation sites is 1. The minimum atomic E-state index is -0.618. The third-order valence-corrected chi connectivity index (χ3v) is 3.17. The molecule has 6 heteroatoms. The molecule has 0 aliphatic carbocycles. The van der Waals surface area contributed by atoms with Crippen LogP contribution in [0.4, 0.5) is 5.69 Å². The van der Waals surface area contributed by atoms with Gasteiger partial charge in [0.2, 0.25) is 0 Å². The molecule has 0 spiro atoms. The van der Waals surface area contributed by atoms with Crippen LogP contribution in [0.2, 0.25) is 0 Å².